The normalized spacial score (nSPS) is 12.8. The van der Waals surface area contributed by atoms with Crippen LogP contribution in [0.4, 0.5) is 11.6 Å². The zero-order chi connectivity index (χ0) is 17.6. The molecule has 0 saturated carbocycles. The van der Waals surface area contributed by atoms with E-state index in [2.05, 4.69) is 39.3 Å². The minimum absolute atomic E-state index is 0.284. The highest BCUT2D eigenvalue weighted by molar-refractivity contribution is 5.79. The van der Waals surface area contributed by atoms with Crippen molar-refractivity contribution in [3.63, 3.8) is 0 Å². The van der Waals surface area contributed by atoms with Gasteiger partial charge in [-0.2, -0.15) is 15.2 Å². The van der Waals surface area contributed by atoms with Gasteiger partial charge >= 0.3 is 0 Å². The van der Waals surface area contributed by atoms with Crippen LogP contribution in [-0.4, -0.2) is 34.3 Å². The maximum absolute atomic E-state index is 4.70. The summed E-state index contributed by atoms with van der Waals surface area (Å²) >= 11 is 0. The predicted molar refractivity (Wildman–Crippen MR) is 96.1 cm³/mol. The van der Waals surface area contributed by atoms with E-state index < -0.39 is 0 Å². The summed E-state index contributed by atoms with van der Waals surface area (Å²) in [6.45, 7) is 8.29. The van der Waals surface area contributed by atoms with E-state index in [0.29, 0.717) is 5.95 Å². The molecule has 4 aromatic heterocycles. The van der Waals surface area contributed by atoms with Crippen molar-refractivity contribution in [1.82, 2.24) is 34.3 Å². The largest absolute Gasteiger partial charge is 0.323 e. The molecule has 0 aliphatic heterocycles. The summed E-state index contributed by atoms with van der Waals surface area (Å²) < 4.78 is 3.70. The summed E-state index contributed by atoms with van der Waals surface area (Å²) in [5.74, 6) is 0.541. The lowest BCUT2D eigenvalue weighted by atomic mass is 10.2. The van der Waals surface area contributed by atoms with Crippen molar-refractivity contribution in [2.24, 2.45) is 0 Å². The molecule has 8 heteroatoms. The van der Waals surface area contributed by atoms with E-state index in [1.165, 1.54) is 6.33 Å². The van der Waals surface area contributed by atoms with E-state index in [1.807, 2.05) is 37.0 Å². The Labute approximate surface area is 144 Å². The standard InChI is InChI=1S/C17H20N8/c1-5-11(3)25-16-13(12(4)23-25)7-18-17(22-16)21-14-8-24-15(6-10(14)2)19-9-20-24/h6-9,11H,5H2,1-4H3,(H,18,21,22). The SMILES string of the molecule is CCC(C)n1nc(C)c2cnc(Nc3cn4ncnc4cc3C)nc21. The number of anilines is 2. The maximum Gasteiger partial charge on any atom is 0.229 e. The molecule has 128 valence electrons. The number of hydrogen-bond acceptors (Lipinski definition) is 6. The summed E-state index contributed by atoms with van der Waals surface area (Å²) in [5, 5.41) is 13.1. The molecule has 0 aliphatic carbocycles. The van der Waals surface area contributed by atoms with Gasteiger partial charge in [-0.15, -0.1) is 0 Å². The van der Waals surface area contributed by atoms with Gasteiger partial charge in [-0.25, -0.2) is 19.2 Å². The fraction of sp³-hybridized carbons (Fsp3) is 0.353. The smallest absolute Gasteiger partial charge is 0.229 e. The van der Waals surface area contributed by atoms with Crippen LogP contribution in [0.25, 0.3) is 16.7 Å². The van der Waals surface area contributed by atoms with Crippen molar-refractivity contribution in [2.75, 3.05) is 5.32 Å². The molecular weight excluding hydrogens is 316 g/mol. The van der Waals surface area contributed by atoms with Crippen LogP contribution < -0.4 is 5.32 Å². The Morgan fingerprint density at radius 2 is 2.08 bits per heavy atom. The lowest BCUT2D eigenvalue weighted by Crippen LogP contribution is -2.08. The van der Waals surface area contributed by atoms with Crippen LogP contribution in [0.5, 0.6) is 0 Å². The van der Waals surface area contributed by atoms with Gasteiger partial charge in [-0.1, -0.05) is 6.92 Å². The molecule has 1 N–H and O–H groups in total. The third-order valence-corrected chi connectivity index (χ3v) is 4.51. The average molecular weight is 336 g/mol. The second kappa shape index (κ2) is 5.80. The lowest BCUT2D eigenvalue weighted by molar-refractivity contribution is 0.487. The van der Waals surface area contributed by atoms with Gasteiger partial charge in [0, 0.05) is 6.20 Å². The minimum atomic E-state index is 0.284. The number of fused-ring (bicyclic) bond motifs is 2. The second-order valence-corrected chi connectivity index (χ2v) is 6.28. The summed E-state index contributed by atoms with van der Waals surface area (Å²) in [4.78, 5) is 13.3. The number of aromatic nitrogens is 7. The van der Waals surface area contributed by atoms with E-state index in [-0.39, 0.29) is 6.04 Å². The predicted octanol–water partition coefficient (Wildman–Crippen LogP) is 3.20. The van der Waals surface area contributed by atoms with Crippen molar-refractivity contribution in [2.45, 2.75) is 40.2 Å². The van der Waals surface area contributed by atoms with Crippen molar-refractivity contribution in [3.05, 3.63) is 36.0 Å². The Bertz CT molecular complexity index is 1060. The first kappa shape index (κ1) is 15.5. The Morgan fingerprint density at radius 1 is 1.24 bits per heavy atom. The molecule has 4 rings (SSSR count). The van der Waals surface area contributed by atoms with E-state index in [4.69, 9.17) is 4.98 Å². The van der Waals surface area contributed by atoms with Crippen LogP contribution in [0, 0.1) is 13.8 Å². The molecular formula is C17H20N8. The molecule has 1 atom stereocenters. The fourth-order valence-electron chi connectivity index (χ4n) is 2.81. The molecule has 0 fully saturated rings. The van der Waals surface area contributed by atoms with Gasteiger partial charge < -0.3 is 5.32 Å². The minimum Gasteiger partial charge on any atom is -0.323 e. The first-order chi connectivity index (χ1) is 12.1. The Morgan fingerprint density at radius 3 is 2.88 bits per heavy atom. The fourth-order valence-corrected chi connectivity index (χ4v) is 2.81. The Hall–Kier alpha value is -3.03. The van der Waals surface area contributed by atoms with E-state index in [9.17, 15) is 0 Å². The molecule has 0 bridgehead atoms. The summed E-state index contributed by atoms with van der Waals surface area (Å²) in [7, 11) is 0. The van der Waals surface area contributed by atoms with Crippen molar-refractivity contribution >= 4 is 28.3 Å². The monoisotopic (exact) mass is 336 g/mol. The van der Waals surface area contributed by atoms with Crippen LogP contribution in [0.1, 0.15) is 37.6 Å². The Kier molecular flexibility index (Phi) is 3.60. The zero-order valence-electron chi connectivity index (χ0n) is 14.7. The van der Waals surface area contributed by atoms with Crippen LogP contribution in [-0.2, 0) is 0 Å². The molecule has 0 saturated heterocycles. The number of nitrogens with one attached hydrogen (secondary N) is 1. The first-order valence-corrected chi connectivity index (χ1v) is 8.35. The van der Waals surface area contributed by atoms with Crippen molar-refractivity contribution in [1.29, 1.82) is 0 Å². The molecule has 0 amide bonds. The molecule has 4 heterocycles. The van der Waals surface area contributed by atoms with Crippen LogP contribution >= 0.6 is 0 Å². The molecule has 8 nitrogen and oxygen atoms in total. The van der Waals surface area contributed by atoms with E-state index in [0.717, 1.165) is 40.0 Å². The zero-order valence-corrected chi connectivity index (χ0v) is 14.7. The van der Waals surface area contributed by atoms with Crippen molar-refractivity contribution < 1.29 is 0 Å². The van der Waals surface area contributed by atoms with Gasteiger partial charge in [0.05, 0.1) is 29.0 Å². The van der Waals surface area contributed by atoms with Crippen LogP contribution in [0.3, 0.4) is 0 Å². The van der Waals surface area contributed by atoms with E-state index >= 15 is 0 Å². The first-order valence-electron chi connectivity index (χ1n) is 8.35. The topological polar surface area (TPSA) is 85.8 Å². The summed E-state index contributed by atoms with van der Waals surface area (Å²) in [6, 6.07) is 2.26. The number of hydrogen-bond donors (Lipinski definition) is 1. The molecule has 1 unspecified atom stereocenters. The van der Waals surface area contributed by atoms with E-state index in [1.54, 1.807) is 4.52 Å². The van der Waals surface area contributed by atoms with Crippen LogP contribution in [0.15, 0.2) is 24.8 Å². The molecule has 0 aliphatic rings. The van der Waals surface area contributed by atoms with Gasteiger partial charge in [-0.05, 0) is 38.8 Å². The highest BCUT2D eigenvalue weighted by atomic mass is 15.3. The third kappa shape index (κ3) is 2.59. The molecule has 0 radical (unpaired) electrons. The Balaban J connectivity index is 1.77. The number of nitrogens with zero attached hydrogens (tertiary/aromatic N) is 7. The number of rotatable bonds is 4. The summed E-state index contributed by atoms with van der Waals surface area (Å²) in [6.07, 6.45) is 6.25. The lowest BCUT2D eigenvalue weighted by Gasteiger charge is -2.11. The highest BCUT2D eigenvalue weighted by Crippen LogP contribution is 2.24. The number of pyridine rings is 1. The van der Waals surface area contributed by atoms with Gasteiger partial charge in [0.2, 0.25) is 5.95 Å². The van der Waals surface area contributed by atoms with Gasteiger partial charge in [0.1, 0.15) is 6.33 Å². The summed E-state index contributed by atoms with van der Waals surface area (Å²) in [5.41, 5.74) is 4.55. The molecule has 0 spiro atoms. The third-order valence-electron chi connectivity index (χ3n) is 4.51. The van der Waals surface area contributed by atoms with Crippen LogP contribution in [0.2, 0.25) is 0 Å². The average Bonchev–Trinajstić information content (AvgIpc) is 3.18. The van der Waals surface area contributed by atoms with Crippen molar-refractivity contribution in [3.8, 4) is 0 Å². The highest BCUT2D eigenvalue weighted by Gasteiger charge is 2.15. The molecule has 25 heavy (non-hydrogen) atoms. The maximum atomic E-state index is 4.70. The molecule has 4 aromatic rings. The van der Waals surface area contributed by atoms with Gasteiger partial charge in [0.15, 0.2) is 11.3 Å². The quantitative estimate of drug-likeness (QED) is 0.616. The number of aryl methyl sites for hydroxylation is 2. The molecule has 0 aromatic carbocycles. The van der Waals surface area contributed by atoms with Gasteiger partial charge in [0.25, 0.3) is 0 Å². The van der Waals surface area contributed by atoms with Gasteiger partial charge in [-0.3, -0.25) is 0 Å². The second-order valence-electron chi connectivity index (χ2n) is 6.28.